The molecule has 0 atom stereocenters. The molecule has 0 saturated carbocycles. The van der Waals surface area contributed by atoms with Crippen LogP contribution in [0.25, 0.3) is 0 Å². The van der Waals surface area contributed by atoms with Crippen molar-refractivity contribution >= 4 is 5.91 Å². The molecule has 138 valence electrons. The van der Waals surface area contributed by atoms with Crippen molar-refractivity contribution in [3.05, 3.63) is 89.1 Å². The van der Waals surface area contributed by atoms with Crippen LogP contribution in [0.15, 0.2) is 65.1 Å². The van der Waals surface area contributed by atoms with Crippen molar-refractivity contribution in [2.45, 2.75) is 32.1 Å². The predicted octanol–water partition coefficient (Wildman–Crippen LogP) is 4.51. The molecule has 0 unspecified atom stereocenters. The van der Waals surface area contributed by atoms with Gasteiger partial charge < -0.3 is 9.32 Å². The number of rotatable bonds is 3. The minimum atomic E-state index is -0.209. The van der Waals surface area contributed by atoms with Crippen LogP contribution >= 0.6 is 0 Å². The molecule has 4 nitrogen and oxygen atoms in total. The first-order valence-corrected chi connectivity index (χ1v) is 9.44. The van der Waals surface area contributed by atoms with E-state index in [1.807, 2.05) is 24.0 Å². The molecule has 1 fully saturated rings. The standard InChI is InChI=1S/C23H24N2O2/c1-17-21(27-18(2)24-17)22(26)25-15-9-14-23(16-25,19-10-5-3-6-11-19)20-12-7-4-8-13-20/h3-8,10-13H,9,14-16H2,1-2H3. The molecule has 2 heterocycles. The van der Waals surface area contributed by atoms with Gasteiger partial charge in [-0.05, 0) is 30.9 Å². The first-order valence-electron chi connectivity index (χ1n) is 9.44. The highest BCUT2D eigenvalue weighted by atomic mass is 16.4. The Labute approximate surface area is 159 Å². The third-order valence-corrected chi connectivity index (χ3v) is 5.53. The SMILES string of the molecule is Cc1nc(C)c(C(=O)N2CCCC(c3ccccc3)(c3ccccc3)C2)o1. The lowest BCUT2D eigenvalue weighted by atomic mass is 9.69. The molecule has 2 aromatic carbocycles. The lowest BCUT2D eigenvalue weighted by Gasteiger charge is -2.43. The Bertz CT molecular complexity index is 892. The van der Waals surface area contributed by atoms with E-state index >= 15 is 0 Å². The third-order valence-electron chi connectivity index (χ3n) is 5.53. The van der Waals surface area contributed by atoms with E-state index in [9.17, 15) is 4.79 Å². The summed E-state index contributed by atoms with van der Waals surface area (Å²) >= 11 is 0. The van der Waals surface area contributed by atoms with Crippen LogP contribution in [-0.4, -0.2) is 28.9 Å². The van der Waals surface area contributed by atoms with E-state index in [0.717, 1.165) is 19.4 Å². The molecule has 0 N–H and O–H groups in total. The van der Waals surface area contributed by atoms with E-state index in [-0.39, 0.29) is 11.3 Å². The zero-order chi connectivity index (χ0) is 18.9. The minimum absolute atomic E-state index is 0.0657. The fourth-order valence-corrected chi connectivity index (χ4v) is 4.25. The van der Waals surface area contributed by atoms with E-state index in [1.54, 1.807) is 6.92 Å². The van der Waals surface area contributed by atoms with Crippen LogP contribution in [0.5, 0.6) is 0 Å². The van der Waals surface area contributed by atoms with Crippen molar-refractivity contribution in [1.29, 1.82) is 0 Å². The largest absolute Gasteiger partial charge is 0.436 e. The highest BCUT2D eigenvalue weighted by Gasteiger charge is 2.41. The van der Waals surface area contributed by atoms with Gasteiger partial charge in [0.25, 0.3) is 5.91 Å². The highest BCUT2D eigenvalue weighted by Crippen LogP contribution is 2.40. The summed E-state index contributed by atoms with van der Waals surface area (Å²) in [6.45, 7) is 4.98. The summed E-state index contributed by atoms with van der Waals surface area (Å²) in [6.07, 6.45) is 1.96. The second kappa shape index (κ2) is 7.03. The number of oxazole rings is 1. The van der Waals surface area contributed by atoms with E-state index < -0.39 is 0 Å². The van der Waals surface area contributed by atoms with Crippen LogP contribution in [0.2, 0.25) is 0 Å². The molecule has 1 saturated heterocycles. The molecule has 1 amide bonds. The maximum Gasteiger partial charge on any atom is 0.291 e. The van der Waals surface area contributed by atoms with Crippen LogP contribution < -0.4 is 0 Å². The monoisotopic (exact) mass is 360 g/mol. The fourth-order valence-electron chi connectivity index (χ4n) is 4.25. The van der Waals surface area contributed by atoms with Crippen LogP contribution in [0.4, 0.5) is 0 Å². The van der Waals surface area contributed by atoms with Crippen molar-refractivity contribution in [2.75, 3.05) is 13.1 Å². The summed E-state index contributed by atoms with van der Waals surface area (Å²) in [4.78, 5) is 19.4. The van der Waals surface area contributed by atoms with Gasteiger partial charge in [-0.3, -0.25) is 4.79 Å². The molecule has 0 spiro atoms. The molecule has 0 bridgehead atoms. The molecule has 3 aromatic rings. The summed E-state index contributed by atoms with van der Waals surface area (Å²) in [5.74, 6) is 0.832. The lowest BCUT2D eigenvalue weighted by Crippen LogP contribution is -2.49. The van der Waals surface area contributed by atoms with Gasteiger partial charge in [-0.1, -0.05) is 60.7 Å². The van der Waals surface area contributed by atoms with Gasteiger partial charge in [0.2, 0.25) is 5.76 Å². The van der Waals surface area contributed by atoms with E-state index in [2.05, 4.69) is 53.5 Å². The number of likely N-dealkylation sites (tertiary alicyclic amines) is 1. The van der Waals surface area contributed by atoms with Crippen LogP contribution in [0.1, 0.15) is 46.1 Å². The molecule has 1 aromatic heterocycles. The highest BCUT2D eigenvalue weighted by molar-refractivity contribution is 5.92. The summed E-state index contributed by atoms with van der Waals surface area (Å²) < 4.78 is 5.61. The summed E-state index contributed by atoms with van der Waals surface area (Å²) in [6, 6.07) is 21.1. The summed E-state index contributed by atoms with van der Waals surface area (Å²) in [5, 5.41) is 0. The number of piperidine rings is 1. The first-order chi connectivity index (χ1) is 13.1. The van der Waals surface area contributed by atoms with Crippen molar-refractivity contribution < 1.29 is 9.21 Å². The van der Waals surface area contributed by atoms with Crippen molar-refractivity contribution in [2.24, 2.45) is 0 Å². The van der Waals surface area contributed by atoms with E-state index in [0.29, 0.717) is 23.9 Å². The normalized spacial score (nSPS) is 16.3. The van der Waals surface area contributed by atoms with Crippen LogP contribution in [0, 0.1) is 13.8 Å². The molecule has 1 aliphatic rings. The Morgan fingerprint density at radius 2 is 1.59 bits per heavy atom. The van der Waals surface area contributed by atoms with Crippen molar-refractivity contribution in [1.82, 2.24) is 9.88 Å². The summed E-state index contributed by atoms with van der Waals surface area (Å²) in [5.41, 5.74) is 2.95. The maximum atomic E-state index is 13.2. The van der Waals surface area contributed by atoms with Crippen LogP contribution in [0.3, 0.4) is 0 Å². The Morgan fingerprint density at radius 1 is 1.00 bits per heavy atom. The maximum absolute atomic E-state index is 13.2. The van der Waals surface area contributed by atoms with Gasteiger partial charge >= 0.3 is 0 Å². The number of amides is 1. The van der Waals surface area contributed by atoms with Crippen LogP contribution in [-0.2, 0) is 5.41 Å². The quantitative estimate of drug-likeness (QED) is 0.690. The number of hydrogen-bond acceptors (Lipinski definition) is 3. The first kappa shape index (κ1) is 17.5. The number of benzene rings is 2. The Hall–Kier alpha value is -2.88. The smallest absolute Gasteiger partial charge is 0.291 e. The van der Waals surface area contributed by atoms with E-state index in [1.165, 1.54) is 11.1 Å². The Balaban J connectivity index is 1.75. The molecule has 0 radical (unpaired) electrons. The number of hydrogen-bond donors (Lipinski definition) is 0. The molecular formula is C23H24N2O2. The van der Waals surface area contributed by atoms with E-state index in [4.69, 9.17) is 4.42 Å². The van der Waals surface area contributed by atoms with Gasteiger partial charge in [-0.15, -0.1) is 0 Å². The zero-order valence-corrected chi connectivity index (χ0v) is 15.8. The average molecular weight is 360 g/mol. The van der Waals surface area contributed by atoms with Crippen molar-refractivity contribution in [3.8, 4) is 0 Å². The van der Waals surface area contributed by atoms with Gasteiger partial charge in [-0.25, -0.2) is 4.98 Å². The number of nitrogens with zero attached hydrogens (tertiary/aromatic N) is 2. The topological polar surface area (TPSA) is 46.3 Å². The number of carbonyl (C=O) groups is 1. The zero-order valence-electron chi connectivity index (χ0n) is 15.8. The van der Waals surface area contributed by atoms with Gasteiger partial charge in [0, 0.05) is 25.4 Å². The van der Waals surface area contributed by atoms with Gasteiger partial charge in [-0.2, -0.15) is 0 Å². The third kappa shape index (κ3) is 3.16. The number of aromatic nitrogens is 1. The second-order valence-electron chi connectivity index (χ2n) is 7.29. The minimum Gasteiger partial charge on any atom is -0.436 e. The number of aryl methyl sites for hydroxylation is 2. The number of carbonyl (C=O) groups excluding carboxylic acids is 1. The second-order valence-corrected chi connectivity index (χ2v) is 7.29. The van der Waals surface area contributed by atoms with Crippen molar-refractivity contribution in [3.63, 3.8) is 0 Å². The Kier molecular flexibility index (Phi) is 4.56. The molecule has 4 heteroatoms. The van der Waals surface area contributed by atoms with Gasteiger partial charge in [0.1, 0.15) is 0 Å². The molecular weight excluding hydrogens is 336 g/mol. The van der Waals surface area contributed by atoms with Gasteiger partial charge in [0.05, 0.1) is 5.69 Å². The Morgan fingerprint density at radius 3 is 2.11 bits per heavy atom. The fraction of sp³-hybridized carbons (Fsp3) is 0.304. The lowest BCUT2D eigenvalue weighted by molar-refractivity contribution is 0.0632. The summed E-state index contributed by atoms with van der Waals surface area (Å²) in [7, 11) is 0. The molecule has 0 aliphatic carbocycles. The molecule has 1 aliphatic heterocycles. The predicted molar refractivity (Wildman–Crippen MR) is 105 cm³/mol. The van der Waals surface area contributed by atoms with Gasteiger partial charge in [0.15, 0.2) is 5.89 Å². The average Bonchev–Trinajstić information content (AvgIpc) is 3.06. The molecule has 4 rings (SSSR count). The molecule has 27 heavy (non-hydrogen) atoms.